The van der Waals surface area contributed by atoms with Crippen LogP contribution < -0.4 is 16.4 Å². The van der Waals surface area contributed by atoms with Crippen LogP contribution in [-0.4, -0.2) is 41.3 Å². The fourth-order valence-electron chi connectivity index (χ4n) is 3.62. The summed E-state index contributed by atoms with van der Waals surface area (Å²) >= 11 is 0. The number of carbonyl (C=O) groups is 1. The van der Waals surface area contributed by atoms with Crippen LogP contribution in [0.5, 0.6) is 0 Å². The van der Waals surface area contributed by atoms with Crippen molar-refractivity contribution < 1.29 is 13.2 Å². The van der Waals surface area contributed by atoms with E-state index in [4.69, 9.17) is 0 Å². The van der Waals surface area contributed by atoms with Gasteiger partial charge < -0.3 is 0 Å². The number of benzene rings is 2. The Morgan fingerprint density at radius 1 is 1.10 bits per heavy atom. The second-order valence-electron chi connectivity index (χ2n) is 7.22. The molecule has 10 heteroatoms. The number of fused-ring (bicyclic) bond motifs is 1. The van der Waals surface area contributed by atoms with Crippen LogP contribution in [0.25, 0.3) is 10.9 Å². The number of rotatable bonds is 6. The van der Waals surface area contributed by atoms with Crippen LogP contribution in [-0.2, 0) is 16.6 Å². The number of nitrogens with zero attached hydrogens (tertiary/aromatic N) is 3. The number of nitrogens with one attached hydrogen (secondary N) is 2. The first-order valence-electron chi connectivity index (χ1n) is 10.1. The summed E-state index contributed by atoms with van der Waals surface area (Å²) in [5.41, 5.74) is 5.68. The molecule has 31 heavy (non-hydrogen) atoms. The molecule has 0 aliphatic carbocycles. The lowest BCUT2D eigenvalue weighted by molar-refractivity contribution is 0.0962. The van der Waals surface area contributed by atoms with Gasteiger partial charge in [-0.2, -0.15) is 4.31 Å². The first kappa shape index (κ1) is 21.0. The number of hydrogen-bond acceptors (Lipinski definition) is 6. The fraction of sp³-hybridized carbons (Fsp3) is 0.286. The van der Waals surface area contributed by atoms with Crippen LogP contribution in [0.1, 0.15) is 30.1 Å². The number of hydrogen-bond donors (Lipinski definition) is 2. The topological polar surface area (TPSA) is 113 Å². The Labute approximate surface area is 179 Å². The average molecular weight is 442 g/mol. The number of aromatic nitrogens is 2. The van der Waals surface area contributed by atoms with Crippen LogP contribution in [0, 0.1) is 0 Å². The summed E-state index contributed by atoms with van der Waals surface area (Å²) in [6.45, 7) is 3.14. The van der Waals surface area contributed by atoms with E-state index in [1.54, 1.807) is 31.2 Å². The van der Waals surface area contributed by atoms with E-state index >= 15 is 0 Å². The lowest BCUT2D eigenvalue weighted by atomic mass is 10.2. The summed E-state index contributed by atoms with van der Waals surface area (Å²) in [6, 6.07) is 12.9. The van der Waals surface area contributed by atoms with Gasteiger partial charge in [0.15, 0.2) is 0 Å². The normalized spacial score (nSPS) is 14.6. The van der Waals surface area contributed by atoms with E-state index in [1.807, 2.05) is 0 Å². The molecule has 1 fully saturated rings. The molecule has 9 nitrogen and oxygen atoms in total. The molecule has 0 radical (unpaired) electrons. The minimum absolute atomic E-state index is 0.0800. The van der Waals surface area contributed by atoms with Crippen molar-refractivity contribution in [2.24, 2.45) is 0 Å². The van der Waals surface area contributed by atoms with Gasteiger partial charge in [0.2, 0.25) is 16.0 Å². The predicted molar refractivity (Wildman–Crippen MR) is 117 cm³/mol. The third kappa shape index (κ3) is 4.04. The molecule has 0 bridgehead atoms. The maximum absolute atomic E-state index is 12.8. The zero-order chi connectivity index (χ0) is 22.0. The molecular weight excluding hydrogens is 418 g/mol. The summed E-state index contributed by atoms with van der Waals surface area (Å²) in [6.07, 6.45) is 1.67. The fourth-order valence-corrected chi connectivity index (χ4v) is 5.18. The summed E-state index contributed by atoms with van der Waals surface area (Å²) in [5, 5.41) is 0.487. The highest BCUT2D eigenvalue weighted by Crippen LogP contribution is 2.21. The van der Waals surface area contributed by atoms with Crippen molar-refractivity contribution in [1.29, 1.82) is 0 Å². The number of para-hydroxylation sites is 1. The average Bonchev–Trinajstić information content (AvgIpc) is 3.34. The molecule has 0 spiro atoms. The molecule has 0 unspecified atom stereocenters. The van der Waals surface area contributed by atoms with Crippen LogP contribution in [0.3, 0.4) is 0 Å². The third-order valence-corrected chi connectivity index (χ3v) is 7.16. The summed E-state index contributed by atoms with van der Waals surface area (Å²) < 4.78 is 28.4. The van der Waals surface area contributed by atoms with Crippen molar-refractivity contribution in [3.05, 3.63) is 64.4 Å². The molecule has 1 saturated heterocycles. The van der Waals surface area contributed by atoms with Crippen LogP contribution >= 0.6 is 0 Å². The number of amides is 1. The summed E-state index contributed by atoms with van der Waals surface area (Å²) in [5.74, 6) is -0.344. The molecule has 2 N–H and O–H groups in total. The lowest BCUT2D eigenvalue weighted by Crippen LogP contribution is -2.34. The van der Waals surface area contributed by atoms with Gasteiger partial charge in [0.05, 0.1) is 15.8 Å². The van der Waals surface area contributed by atoms with Crippen molar-refractivity contribution in [1.82, 2.24) is 19.3 Å². The SMILES string of the molecule is CCn1c(NNC(=O)c2cccc(S(=O)(=O)N3CCCC3)c2)nc2ccccc2c1=O. The van der Waals surface area contributed by atoms with Gasteiger partial charge in [-0.1, -0.05) is 18.2 Å². The summed E-state index contributed by atoms with van der Waals surface area (Å²) in [4.78, 5) is 29.8. The lowest BCUT2D eigenvalue weighted by Gasteiger charge is -2.16. The third-order valence-electron chi connectivity index (χ3n) is 5.26. The Balaban J connectivity index is 1.57. The molecule has 2 aromatic carbocycles. The van der Waals surface area contributed by atoms with Gasteiger partial charge in [-0.25, -0.2) is 13.4 Å². The molecule has 1 aliphatic heterocycles. The van der Waals surface area contributed by atoms with Crippen LogP contribution in [0.15, 0.2) is 58.2 Å². The van der Waals surface area contributed by atoms with E-state index in [0.717, 1.165) is 12.8 Å². The molecule has 4 rings (SSSR count). The van der Waals surface area contributed by atoms with E-state index in [1.165, 1.54) is 33.1 Å². The molecule has 0 saturated carbocycles. The monoisotopic (exact) mass is 441 g/mol. The summed E-state index contributed by atoms with van der Waals surface area (Å²) in [7, 11) is -3.63. The first-order valence-corrected chi connectivity index (χ1v) is 11.5. The standard InChI is InChI=1S/C21H23N5O4S/c1-2-26-20(28)17-10-3-4-11-18(17)22-21(26)24-23-19(27)15-8-7-9-16(14-15)31(29,30)25-12-5-6-13-25/h3-4,7-11,14H,2,5-6,12-13H2,1H3,(H,22,24)(H,23,27). The zero-order valence-electron chi connectivity index (χ0n) is 17.0. The Bertz CT molecular complexity index is 1300. The number of anilines is 1. The van der Waals surface area contributed by atoms with Crippen LogP contribution in [0.2, 0.25) is 0 Å². The van der Waals surface area contributed by atoms with Gasteiger partial charge in [-0.15, -0.1) is 0 Å². The quantitative estimate of drug-likeness (QED) is 0.566. The predicted octanol–water partition coefficient (Wildman–Crippen LogP) is 1.96. The molecule has 0 atom stereocenters. The highest BCUT2D eigenvalue weighted by Gasteiger charge is 2.27. The van der Waals surface area contributed by atoms with E-state index in [9.17, 15) is 18.0 Å². The molecule has 162 valence electrons. The van der Waals surface area contributed by atoms with Crippen molar-refractivity contribution in [3.63, 3.8) is 0 Å². The number of sulfonamides is 1. The molecular formula is C21H23N5O4S. The minimum Gasteiger partial charge on any atom is -0.277 e. The molecule has 3 aromatic rings. The van der Waals surface area contributed by atoms with Gasteiger partial charge in [-0.05, 0) is 50.1 Å². The minimum atomic E-state index is -3.63. The zero-order valence-corrected chi connectivity index (χ0v) is 17.9. The van der Waals surface area contributed by atoms with E-state index in [-0.39, 0.29) is 22.0 Å². The van der Waals surface area contributed by atoms with Crippen molar-refractivity contribution in [2.75, 3.05) is 18.5 Å². The maximum Gasteiger partial charge on any atom is 0.269 e. The first-order chi connectivity index (χ1) is 14.9. The van der Waals surface area contributed by atoms with Gasteiger partial charge in [0.1, 0.15) is 0 Å². The van der Waals surface area contributed by atoms with Gasteiger partial charge in [0, 0.05) is 25.2 Å². The number of carbonyl (C=O) groups excluding carboxylic acids is 1. The number of hydrazine groups is 1. The van der Waals surface area contributed by atoms with Gasteiger partial charge in [-0.3, -0.25) is 25.0 Å². The molecule has 1 amide bonds. The second-order valence-corrected chi connectivity index (χ2v) is 9.16. The van der Waals surface area contributed by atoms with Crippen molar-refractivity contribution in [3.8, 4) is 0 Å². The Morgan fingerprint density at radius 2 is 1.84 bits per heavy atom. The van der Waals surface area contributed by atoms with Crippen molar-refractivity contribution in [2.45, 2.75) is 31.2 Å². The second kappa shape index (κ2) is 8.48. The van der Waals surface area contributed by atoms with Gasteiger partial charge in [0.25, 0.3) is 11.5 Å². The highest BCUT2D eigenvalue weighted by atomic mass is 32.2. The van der Waals surface area contributed by atoms with Crippen molar-refractivity contribution >= 4 is 32.8 Å². The molecule has 2 heterocycles. The Kier molecular flexibility index (Phi) is 5.75. The van der Waals surface area contributed by atoms with Gasteiger partial charge >= 0.3 is 0 Å². The molecule has 1 aromatic heterocycles. The smallest absolute Gasteiger partial charge is 0.269 e. The highest BCUT2D eigenvalue weighted by molar-refractivity contribution is 7.89. The Hall–Kier alpha value is -3.24. The van der Waals surface area contributed by atoms with E-state index in [2.05, 4.69) is 15.8 Å². The Morgan fingerprint density at radius 3 is 2.58 bits per heavy atom. The van der Waals surface area contributed by atoms with Crippen LogP contribution in [0.4, 0.5) is 5.95 Å². The maximum atomic E-state index is 12.8. The van der Waals surface area contributed by atoms with E-state index in [0.29, 0.717) is 30.5 Å². The van der Waals surface area contributed by atoms with E-state index < -0.39 is 15.9 Å². The molecule has 1 aliphatic rings. The largest absolute Gasteiger partial charge is 0.277 e.